The van der Waals surface area contributed by atoms with E-state index in [-0.39, 0.29) is 21.7 Å². The van der Waals surface area contributed by atoms with Crippen LogP contribution in [0.2, 0.25) is 5.02 Å². The van der Waals surface area contributed by atoms with Gasteiger partial charge in [0.05, 0.1) is 9.92 Å². The largest absolute Gasteiger partial charge is 0.352 e. The second-order valence-corrected chi connectivity index (χ2v) is 9.05. The molecular weight excluding hydrogens is 348 g/mol. The van der Waals surface area contributed by atoms with Crippen LogP contribution in [0, 0.1) is 5.92 Å². The zero-order chi connectivity index (χ0) is 17.9. The van der Waals surface area contributed by atoms with E-state index in [4.69, 9.17) is 11.6 Å². The highest BCUT2D eigenvalue weighted by Crippen LogP contribution is 2.23. The van der Waals surface area contributed by atoms with Crippen molar-refractivity contribution < 1.29 is 13.2 Å². The first-order chi connectivity index (χ1) is 11.2. The molecule has 0 saturated carbocycles. The standard InChI is InChI=1S/C17H25ClN2O3S/c1-12(2)20-8-6-14(7-9-20)17(21)19-11-13-4-5-16(15(18)10-13)24(3,22)23/h4-5,10,12,14H,6-9,11H2,1-3H3,(H,19,21). The van der Waals surface area contributed by atoms with Gasteiger partial charge < -0.3 is 10.2 Å². The summed E-state index contributed by atoms with van der Waals surface area (Å²) in [7, 11) is -3.33. The van der Waals surface area contributed by atoms with E-state index in [1.807, 2.05) is 0 Å². The van der Waals surface area contributed by atoms with Crippen molar-refractivity contribution in [1.29, 1.82) is 0 Å². The molecule has 2 rings (SSSR count). The number of amides is 1. The summed E-state index contributed by atoms with van der Waals surface area (Å²) in [6, 6.07) is 5.29. The van der Waals surface area contributed by atoms with Crippen molar-refractivity contribution in [3.05, 3.63) is 28.8 Å². The van der Waals surface area contributed by atoms with Crippen molar-refractivity contribution in [2.45, 2.75) is 44.2 Å². The maximum Gasteiger partial charge on any atom is 0.223 e. The molecule has 1 amide bonds. The summed E-state index contributed by atoms with van der Waals surface area (Å²) in [5.74, 6) is 0.104. The number of carbonyl (C=O) groups excluding carboxylic acids is 1. The van der Waals surface area contributed by atoms with Crippen molar-refractivity contribution in [3.8, 4) is 0 Å². The second-order valence-electron chi connectivity index (χ2n) is 6.66. The van der Waals surface area contributed by atoms with E-state index in [2.05, 4.69) is 24.1 Å². The number of hydrogen-bond donors (Lipinski definition) is 1. The fraction of sp³-hybridized carbons (Fsp3) is 0.588. The number of halogens is 1. The molecule has 1 aliphatic heterocycles. The number of sulfone groups is 1. The van der Waals surface area contributed by atoms with Crippen molar-refractivity contribution >= 4 is 27.3 Å². The molecule has 1 fully saturated rings. The Labute approximate surface area is 149 Å². The van der Waals surface area contributed by atoms with E-state index in [9.17, 15) is 13.2 Å². The maximum absolute atomic E-state index is 12.3. The molecule has 1 heterocycles. The monoisotopic (exact) mass is 372 g/mol. The fourth-order valence-electron chi connectivity index (χ4n) is 2.97. The highest BCUT2D eigenvalue weighted by molar-refractivity contribution is 7.90. The topological polar surface area (TPSA) is 66.5 Å². The van der Waals surface area contributed by atoms with Crippen LogP contribution in [-0.2, 0) is 21.2 Å². The van der Waals surface area contributed by atoms with Crippen LogP contribution in [0.15, 0.2) is 23.1 Å². The first-order valence-electron chi connectivity index (χ1n) is 8.18. The van der Waals surface area contributed by atoms with Gasteiger partial charge in [0.15, 0.2) is 9.84 Å². The van der Waals surface area contributed by atoms with Crippen molar-refractivity contribution in [3.63, 3.8) is 0 Å². The van der Waals surface area contributed by atoms with Gasteiger partial charge in [-0.15, -0.1) is 0 Å². The smallest absolute Gasteiger partial charge is 0.223 e. The predicted molar refractivity (Wildman–Crippen MR) is 95.8 cm³/mol. The molecule has 0 unspecified atom stereocenters. The summed E-state index contributed by atoms with van der Waals surface area (Å²) in [6.45, 7) is 6.59. The summed E-state index contributed by atoms with van der Waals surface area (Å²) in [5.41, 5.74) is 0.792. The Bertz CT molecular complexity index is 696. The number of benzene rings is 1. The van der Waals surface area contributed by atoms with E-state index in [1.54, 1.807) is 12.1 Å². The third-order valence-electron chi connectivity index (χ3n) is 4.49. The zero-order valence-corrected chi connectivity index (χ0v) is 16.0. The Balaban J connectivity index is 1.90. The van der Waals surface area contributed by atoms with Crippen LogP contribution in [-0.4, -0.2) is 44.6 Å². The van der Waals surface area contributed by atoms with Gasteiger partial charge in [-0.2, -0.15) is 0 Å². The first-order valence-corrected chi connectivity index (χ1v) is 10.5. The molecule has 0 aliphatic carbocycles. The maximum atomic E-state index is 12.3. The Morgan fingerprint density at radius 2 is 1.96 bits per heavy atom. The lowest BCUT2D eigenvalue weighted by atomic mass is 9.95. The van der Waals surface area contributed by atoms with Crippen LogP contribution in [0.3, 0.4) is 0 Å². The van der Waals surface area contributed by atoms with Gasteiger partial charge in [0.1, 0.15) is 0 Å². The van der Waals surface area contributed by atoms with Crippen LogP contribution < -0.4 is 5.32 Å². The van der Waals surface area contributed by atoms with Crippen molar-refractivity contribution in [2.75, 3.05) is 19.3 Å². The second kappa shape index (κ2) is 7.85. The van der Waals surface area contributed by atoms with Gasteiger partial charge in [0.2, 0.25) is 5.91 Å². The molecule has 1 saturated heterocycles. The molecule has 1 N–H and O–H groups in total. The minimum absolute atomic E-state index is 0.0470. The number of likely N-dealkylation sites (tertiary alicyclic amines) is 1. The Morgan fingerprint density at radius 3 is 2.46 bits per heavy atom. The molecule has 7 heteroatoms. The van der Waals surface area contributed by atoms with E-state index in [0.717, 1.165) is 37.8 Å². The minimum atomic E-state index is -3.33. The summed E-state index contributed by atoms with van der Waals surface area (Å²) in [6.07, 6.45) is 2.87. The van der Waals surface area contributed by atoms with Gasteiger partial charge in [0, 0.05) is 24.8 Å². The normalized spacial score (nSPS) is 17.2. The van der Waals surface area contributed by atoms with Crippen LogP contribution in [0.25, 0.3) is 0 Å². The Kier molecular flexibility index (Phi) is 6.28. The molecule has 1 aromatic carbocycles. The quantitative estimate of drug-likeness (QED) is 0.862. The summed E-state index contributed by atoms with van der Waals surface area (Å²) < 4.78 is 23.1. The van der Waals surface area contributed by atoms with Crippen molar-refractivity contribution in [1.82, 2.24) is 10.2 Å². The summed E-state index contributed by atoms with van der Waals surface area (Å²) in [5, 5.41) is 3.12. The molecule has 1 aromatic rings. The van der Waals surface area contributed by atoms with E-state index < -0.39 is 9.84 Å². The van der Waals surface area contributed by atoms with E-state index in [1.165, 1.54) is 6.07 Å². The van der Waals surface area contributed by atoms with Crippen LogP contribution >= 0.6 is 11.6 Å². The summed E-state index contributed by atoms with van der Waals surface area (Å²) >= 11 is 6.03. The lowest BCUT2D eigenvalue weighted by Gasteiger charge is -2.33. The molecule has 5 nitrogen and oxygen atoms in total. The number of piperidine rings is 1. The molecule has 0 aromatic heterocycles. The Hall–Kier alpha value is -1.11. The molecule has 0 spiro atoms. The number of carbonyl (C=O) groups is 1. The minimum Gasteiger partial charge on any atom is -0.352 e. The molecule has 1 aliphatic rings. The molecule has 24 heavy (non-hydrogen) atoms. The average Bonchev–Trinajstić information content (AvgIpc) is 2.51. The molecule has 0 bridgehead atoms. The van der Waals surface area contributed by atoms with Gasteiger partial charge in [-0.3, -0.25) is 4.79 Å². The van der Waals surface area contributed by atoms with E-state index >= 15 is 0 Å². The van der Waals surface area contributed by atoms with E-state index in [0.29, 0.717) is 12.6 Å². The van der Waals surface area contributed by atoms with Gasteiger partial charge in [-0.05, 0) is 57.5 Å². The fourth-order valence-corrected chi connectivity index (χ4v) is 4.32. The highest BCUT2D eigenvalue weighted by atomic mass is 35.5. The molecule has 0 atom stereocenters. The van der Waals surface area contributed by atoms with Gasteiger partial charge >= 0.3 is 0 Å². The molecule has 0 radical (unpaired) electrons. The van der Waals surface area contributed by atoms with Gasteiger partial charge in [-0.25, -0.2) is 8.42 Å². The lowest BCUT2D eigenvalue weighted by Crippen LogP contribution is -2.42. The third kappa shape index (κ3) is 4.94. The van der Waals surface area contributed by atoms with Gasteiger partial charge in [-0.1, -0.05) is 17.7 Å². The SMILES string of the molecule is CC(C)N1CCC(C(=O)NCc2ccc(S(C)(=O)=O)c(Cl)c2)CC1. The van der Waals surface area contributed by atoms with Crippen LogP contribution in [0.1, 0.15) is 32.3 Å². The Morgan fingerprint density at radius 1 is 1.33 bits per heavy atom. The van der Waals surface area contributed by atoms with Crippen molar-refractivity contribution in [2.24, 2.45) is 5.92 Å². The third-order valence-corrected chi connectivity index (χ3v) is 6.07. The zero-order valence-electron chi connectivity index (χ0n) is 14.4. The number of hydrogen-bond acceptors (Lipinski definition) is 4. The first kappa shape index (κ1) is 19.2. The molecule has 134 valence electrons. The predicted octanol–water partition coefficient (Wildman–Crippen LogP) is 2.48. The molecular formula is C17H25ClN2O3S. The van der Waals surface area contributed by atoms with Gasteiger partial charge in [0.25, 0.3) is 0 Å². The number of rotatable bonds is 5. The van der Waals surface area contributed by atoms with Crippen LogP contribution in [0.5, 0.6) is 0 Å². The number of nitrogens with one attached hydrogen (secondary N) is 1. The number of nitrogens with zero attached hydrogens (tertiary/aromatic N) is 1. The average molecular weight is 373 g/mol. The summed E-state index contributed by atoms with van der Waals surface area (Å²) in [4.78, 5) is 14.8. The highest BCUT2D eigenvalue weighted by Gasteiger charge is 2.25. The lowest BCUT2D eigenvalue weighted by molar-refractivity contribution is -0.126. The van der Waals surface area contributed by atoms with Crippen LogP contribution in [0.4, 0.5) is 0 Å².